The Hall–Kier alpha value is -2.50. The van der Waals surface area contributed by atoms with Gasteiger partial charge >= 0.3 is 0 Å². The fourth-order valence-electron chi connectivity index (χ4n) is 2.65. The third kappa shape index (κ3) is 6.01. The number of nitrogens with one attached hydrogen (secondary N) is 1. The molecule has 0 aliphatic rings. The van der Waals surface area contributed by atoms with Gasteiger partial charge in [-0.25, -0.2) is 4.98 Å². The van der Waals surface area contributed by atoms with Crippen molar-refractivity contribution >= 4 is 22.7 Å². The number of unbranched alkanes of at least 4 members (excludes halogenated alkanes) is 2. The van der Waals surface area contributed by atoms with Crippen LogP contribution >= 0.6 is 11.3 Å². The molecule has 2 aromatic carbocycles. The second kappa shape index (κ2) is 10.6. The fraction of sp³-hybridized carbons (Fsp3) is 0.273. The van der Waals surface area contributed by atoms with Gasteiger partial charge in [-0.05, 0) is 12.0 Å². The van der Waals surface area contributed by atoms with Crippen LogP contribution in [0.1, 0.15) is 37.3 Å². The Morgan fingerprint density at radius 3 is 2.74 bits per heavy atom. The molecule has 1 N–H and O–H groups in total. The molecule has 3 aromatic rings. The van der Waals surface area contributed by atoms with Crippen molar-refractivity contribution in [2.45, 2.75) is 32.8 Å². The zero-order valence-electron chi connectivity index (χ0n) is 15.6. The molecular weight excluding hydrogens is 354 g/mol. The van der Waals surface area contributed by atoms with Crippen molar-refractivity contribution in [2.75, 3.05) is 12.0 Å². The predicted molar refractivity (Wildman–Crippen MR) is 114 cm³/mol. The van der Waals surface area contributed by atoms with Crippen LogP contribution in [0.2, 0.25) is 0 Å². The zero-order chi connectivity index (χ0) is 18.7. The lowest BCUT2D eigenvalue weighted by Gasteiger charge is -2.07. The van der Waals surface area contributed by atoms with Gasteiger partial charge in [-0.3, -0.25) is 5.43 Å². The van der Waals surface area contributed by atoms with E-state index in [9.17, 15) is 0 Å². The second-order valence-corrected chi connectivity index (χ2v) is 7.09. The molecule has 0 fully saturated rings. The number of nitrogens with zero attached hydrogens (tertiary/aromatic N) is 2. The van der Waals surface area contributed by atoms with Crippen molar-refractivity contribution in [3.63, 3.8) is 0 Å². The lowest BCUT2D eigenvalue weighted by atomic mass is 10.1. The first-order valence-corrected chi connectivity index (χ1v) is 10.2. The highest BCUT2D eigenvalue weighted by atomic mass is 32.1. The lowest BCUT2D eigenvalue weighted by molar-refractivity contribution is 0.117. The van der Waals surface area contributed by atoms with Gasteiger partial charge in [0.05, 0.1) is 18.5 Å². The van der Waals surface area contributed by atoms with E-state index in [-0.39, 0.29) is 0 Å². The molecule has 1 aromatic heterocycles. The van der Waals surface area contributed by atoms with E-state index in [4.69, 9.17) is 4.74 Å². The molecule has 0 spiro atoms. The minimum absolute atomic E-state index is 0.612. The molecule has 4 nitrogen and oxygen atoms in total. The van der Waals surface area contributed by atoms with Gasteiger partial charge in [-0.1, -0.05) is 74.4 Å². The number of hydrogen-bond donors (Lipinski definition) is 1. The maximum absolute atomic E-state index is 5.79. The van der Waals surface area contributed by atoms with E-state index in [1.54, 1.807) is 11.3 Å². The summed E-state index contributed by atoms with van der Waals surface area (Å²) in [6.07, 6.45) is 5.36. The molecule has 0 saturated heterocycles. The Morgan fingerprint density at radius 1 is 1.07 bits per heavy atom. The average Bonchev–Trinajstić information content (AvgIpc) is 3.18. The van der Waals surface area contributed by atoms with Crippen LogP contribution in [0, 0.1) is 0 Å². The van der Waals surface area contributed by atoms with Gasteiger partial charge in [0.15, 0.2) is 0 Å². The second-order valence-electron chi connectivity index (χ2n) is 6.23. The Kier molecular flexibility index (Phi) is 7.56. The Labute approximate surface area is 164 Å². The summed E-state index contributed by atoms with van der Waals surface area (Å²) in [5.74, 6) is 0. The van der Waals surface area contributed by atoms with Crippen LogP contribution in [-0.4, -0.2) is 17.8 Å². The van der Waals surface area contributed by atoms with Crippen LogP contribution in [0.15, 0.2) is 65.1 Å². The number of hydrogen-bond acceptors (Lipinski definition) is 5. The van der Waals surface area contributed by atoms with Crippen molar-refractivity contribution < 1.29 is 4.74 Å². The third-order valence-corrected chi connectivity index (χ3v) is 4.89. The van der Waals surface area contributed by atoms with E-state index >= 15 is 0 Å². The molecular formula is C22H25N3OS. The number of anilines is 1. The minimum atomic E-state index is 0.612. The first kappa shape index (κ1) is 19.3. The standard InChI is InChI=1S/C22H25N3OS/c1-2-3-9-14-26-16-20-13-8-7-12-19(20)15-23-25-22-24-21(17-27-22)18-10-5-4-6-11-18/h4-8,10-13,15,17H,2-3,9,14,16H2,1H3,(H,24,25). The van der Waals surface area contributed by atoms with Crippen LogP contribution in [0.5, 0.6) is 0 Å². The zero-order valence-corrected chi connectivity index (χ0v) is 16.4. The molecule has 0 bridgehead atoms. The van der Waals surface area contributed by atoms with Crippen LogP contribution < -0.4 is 5.43 Å². The largest absolute Gasteiger partial charge is 0.377 e. The Morgan fingerprint density at radius 2 is 1.89 bits per heavy atom. The van der Waals surface area contributed by atoms with Gasteiger partial charge < -0.3 is 4.74 Å². The number of thiazole rings is 1. The number of ether oxygens (including phenoxy) is 1. The monoisotopic (exact) mass is 379 g/mol. The van der Waals surface area contributed by atoms with Gasteiger partial charge in [0.25, 0.3) is 0 Å². The van der Waals surface area contributed by atoms with Crippen LogP contribution in [0.4, 0.5) is 5.13 Å². The minimum Gasteiger partial charge on any atom is -0.377 e. The summed E-state index contributed by atoms with van der Waals surface area (Å²) in [5.41, 5.74) is 7.29. The molecule has 0 radical (unpaired) electrons. The summed E-state index contributed by atoms with van der Waals surface area (Å²) in [6, 6.07) is 18.3. The molecule has 0 atom stereocenters. The van der Waals surface area contributed by atoms with E-state index in [0.717, 1.165) is 40.5 Å². The smallest absolute Gasteiger partial charge is 0.203 e. The number of aromatic nitrogens is 1. The van der Waals surface area contributed by atoms with Crippen molar-refractivity contribution in [3.8, 4) is 11.3 Å². The topological polar surface area (TPSA) is 46.5 Å². The van der Waals surface area contributed by atoms with Gasteiger partial charge in [-0.15, -0.1) is 11.3 Å². The molecule has 0 amide bonds. The van der Waals surface area contributed by atoms with Crippen molar-refractivity contribution in [1.82, 2.24) is 4.98 Å². The van der Waals surface area contributed by atoms with Gasteiger partial charge in [0.1, 0.15) is 0 Å². The van der Waals surface area contributed by atoms with Gasteiger partial charge in [0, 0.05) is 23.1 Å². The predicted octanol–water partition coefficient (Wildman–Crippen LogP) is 5.96. The highest BCUT2D eigenvalue weighted by Gasteiger charge is 2.03. The Bertz CT molecular complexity index is 846. The summed E-state index contributed by atoms with van der Waals surface area (Å²) < 4.78 is 5.79. The molecule has 0 saturated carbocycles. The van der Waals surface area contributed by atoms with E-state index in [2.05, 4.69) is 40.6 Å². The summed E-state index contributed by atoms with van der Waals surface area (Å²) in [7, 11) is 0. The maximum atomic E-state index is 5.79. The quantitative estimate of drug-likeness (QED) is 0.268. The summed E-state index contributed by atoms with van der Waals surface area (Å²) in [6.45, 7) is 3.62. The molecule has 0 aliphatic heterocycles. The van der Waals surface area contributed by atoms with Crippen molar-refractivity contribution in [3.05, 3.63) is 71.1 Å². The number of rotatable bonds is 10. The molecule has 140 valence electrons. The van der Waals surface area contributed by atoms with Crippen molar-refractivity contribution in [1.29, 1.82) is 0 Å². The number of benzene rings is 2. The molecule has 5 heteroatoms. The SMILES string of the molecule is CCCCCOCc1ccccc1C=NNc1nc(-c2ccccc2)cs1. The van der Waals surface area contributed by atoms with Gasteiger partial charge in [0.2, 0.25) is 5.13 Å². The van der Waals surface area contributed by atoms with E-state index in [1.165, 1.54) is 12.8 Å². The Balaban J connectivity index is 1.56. The van der Waals surface area contributed by atoms with Crippen LogP contribution in [0.25, 0.3) is 11.3 Å². The maximum Gasteiger partial charge on any atom is 0.203 e. The van der Waals surface area contributed by atoms with Crippen LogP contribution in [-0.2, 0) is 11.3 Å². The molecule has 0 aliphatic carbocycles. The summed E-state index contributed by atoms with van der Waals surface area (Å²) in [4.78, 5) is 4.58. The summed E-state index contributed by atoms with van der Waals surface area (Å²) >= 11 is 1.54. The van der Waals surface area contributed by atoms with E-state index in [0.29, 0.717) is 6.61 Å². The van der Waals surface area contributed by atoms with Gasteiger partial charge in [-0.2, -0.15) is 5.10 Å². The van der Waals surface area contributed by atoms with E-state index in [1.807, 2.05) is 48.0 Å². The molecule has 1 heterocycles. The van der Waals surface area contributed by atoms with Crippen molar-refractivity contribution in [2.24, 2.45) is 5.10 Å². The fourth-order valence-corrected chi connectivity index (χ4v) is 3.32. The highest BCUT2D eigenvalue weighted by Crippen LogP contribution is 2.24. The normalized spacial score (nSPS) is 11.1. The number of hydrazone groups is 1. The summed E-state index contributed by atoms with van der Waals surface area (Å²) in [5, 5.41) is 7.16. The third-order valence-electron chi connectivity index (χ3n) is 4.14. The highest BCUT2D eigenvalue weighted by molar-refractivity contribution is 7.14. The first-order valence-electron chi connectivity index (χ1n) is 9.32. The molecule has 27 heavy (non-hydrogen) atoms. The first-order chi connectivity index (χ1) is 13.4. The van der Waals surface area contributed by atoms with Crippen LogP contribution in [0.3, 0.4) is 0 Å². The van der Waals surface area contributed by atoms with E-state index < -0.39 is 0 Å². The average molecular weight is 380 g/mol. The molecule has 0 unspecified atom stereocenters. The lowest BCUT2D eigenvalue weighted by Crippen LogP contribution is -2.00. The molecule has 3 rings (SSSR count).